The van der Waals surface area contributed by atoms with E-state index in [4.69, 9.17) is 14.2 Å². The van der Waals surface area contributed by atoms with E-state index in [1.165, 1.54) is 11.1 Å². The van der Waals surface area contributed by atoms with Crippen molar-refractivity contribution in [3.8, 4) is 0 Å². The summed E-state index contributed by atoms with van der Waals surface area (Å²) >= 11 is 0. The van der Waals surface area contributed by atoms with Crippen molar-refractivity contribution in [3.05, 3.63) is 71.8 Å². The van der Waals surface area contributed by atoms with Crippen molar-refractivity contribution in [1.29, 1.82) is 0 Å². The Morgan fingerprint density at radius 3 is 1.18 bits per heavy atom. The van der Waals surface area contributed by atoms with E-state index in [9.17, 15) is 9.59 Å². The molecule has 2 fully saturated rings. The number of nitrogens with zero attached hydrogens (tertiary/aromatic N) is 2. The van der Waals surface area contributed by atoms with Crippen LogP contribution in [0.15, 0.2) is 60.7 Å². The number of hydrogen-bond donors (Lipinski definition) is 0. The smallest absolute Gasteiger partial charge is 0.410 e. The standard InChI is InChI=1S/C38H56N2O5/c1-37(2,3)44-35(41)39(7)31-23-19-29(20-24-31)33(27-15-11-9-12-16-27)43-34(28-17-13-10-14-18-28)30-21-25-32(26-22-30)40(8)36(42)45-38(4,5)6/h9-18,29-34H,19-26H2,1-8H3/t29-,30-,31-,32-,33?,34?. The van der Waals surface area contributed by atoms with Crippen LogP contribution >= 0.6 is 0 Å². The maximum Gasteiger partial charge on any atom is 0.410 e. The summed E-state index contributed by atoms with van der Waals surface area (Å²) in [4.78, 5) is 29.2. The van der Waals surface area contributed by atoms with Gasteiger partial charge < -0.3 is 24.0 Å². The molecule has 2 aliphatic rings. The van der Waals surface area contributed by atoms with Crippen LogP contribution in [0.2, 0.25) is 0 Å². The lowest BCUT2D eigenvalue weighted by Gasteiger charge is -2.42. The van der Waals surface area contributed by atoms with E-state index < -0.39 is 11.2 Å². The first-order valence-electron chi connectivity index (χ1n) is 16.9. The Hall–Kier alpha value is -3.06. The third kappa shape index (κ3) is 9.96. The van der Waals surface area contributed by atoms with Crippen LogP contribution < -0.4 is 0 Å². The van der Waals surface area contributed by atoms with Crippen molar-refractivity contribution in [2.45, 2.75) is 128 Å². The van der Waals surface area contributed by atoms with E-state index >= 15 is 0 Å². The highest BCUT2D eigenvalue weighted by atomic mass is 16.6. The number of amides is 2. The molecule has 2 aromatic carbocycles. The van der Waals surface area contributed by atoms with Crippen molar-refractivity contribution >= 4 is 12.2 Å². The van der Waals surface area contributed by atoms with E-state index in [0.29, 0.717) is 11.8 Å². The quantitative estimate of drug-likeness (QED) is 0.294. The Labute approximate surface area is 271 Å². The molecule has 7 nitrogen and oxygen atoms in total. The Kier molecular flexibility index (Phi) is 11.6. The topological polar surface area (TPSA) is 68.3 Å². The molecule has 0 saturated heterocycles. The van der Waals surface area contributed by atoms with Gasteiger partial charge in [-0.15, -0.1) is 0 Å². The van der Waals surface area contributed by atoms with Gasteiger partial charge in [0, 0.05) is 26.2 Å². The lowest BCUT2D eigenvalue weighted by Crippen LogP contribution is -2.43. The van der Waals surface area contributed by atoms with Crippen molar-refractivity contribution in [1.82, 2.24) is 9.80 Å². The van der Waals surface area contributed by atoms with E-state index in [-0.39, 0.29) is 36.5 Å². The summed E-state index contributed by atoms with van der Waals surface area (Å²) in [5, 5.41) is 0. The van der Waals surface area contributed by atoms with Gasteiger partial charge in [-0.2, -0.15) is 0 Å². The third-order valence-corrected chi connectivity index (χ3v) is 9.35. The predicted molar refractivity (Wildman–Crippen MR) is 179 cm³/mol. The van der Waals surface area contributed by atoms with Crippen LogP contribution in [0.3, 0.4) is 0 Å². The van der Waals surface area contributed by atoms with E-state index in [0.717, 1.165) is 51.4 Å². The molecule has 2 amide bonds. The molecule has 248 valence electrons. The van der Waals surface area contributed by atoms with Crippen molar-refractivity contribution in [2.24, 2.45) is 11.8 Å². The Morgan fingerprint density at radius 1 is 0.578 bits per heavy atom. The maximum atomic E-state index is 12.8. The second kappa shape index (κ2) is 15.0. The van der Waals surface area contributed by atoms with Gasteiger partial charge in [0.15, 0.2) is 0 Å². The molecule has 4 rings (SSSR count). The van der Waals surface area contributed by atoms with Gasteiger partial charge in [0.1, 0.15) is 11.2 Å². The molecule has 2 unspecified atom stereocenters. The molecular weight excluding hydrogens is 564 g/mol. The minimum absolute atomic E-state index is 0.0497. The van der Waals surface area contributed by atoms with Crippen molar-refractivity contribution < 1.29 is 23.8 Å². The van der Waals surface area contributed by atoms with Gasteiger partial charge in [-0.25, -0.2) is 9.59 Å². The normalized spacial score (nSPS) is 23.8. The minimum atomic E-state index is -0.508. The average Bonchev–Trinajstić information content (AvgIpc) is 3.00. The van der Waals surface area contributed by atoms with Crippen LogP contribution in [-0.2, 0) is 14.2 Å². The van der Waals surface area contributed by atoms with Gasteiger partial charge in [0.2, 0.25) is 0 Å². The first-order chi connectivity index (χ1) is 21.2. The van der Waals surface area contributed by atoms with Crippen molar-refractivity contribution in [3.63, 3.8) is 0 Å². The lowest BCUT2D eigenvalue weighted by molar-refractivity contribution is -0.0919. The molecule has 7 heteroatoms. The highest BCUT2D eigenvalue weighted by Crippen LogP contribution is 2.45. The highest BCUT2D eigenvalue weighted by molar-refractivity contribution is 5.68. The molecule has 0 N–H and O–H groups in total. The fourth-order valence-corrected chi connectivity index (χ4v) is 6.92. The second-order valence-corrected chi connectivity index (χ2v) is 15.1. The molecule has 2 aromatic rings. The van der Waals surface area contributed by atoms with Crippen molar-refractivity contribution in [2.75, 3.05) is 14.1 Å². The SMILES string of the molecule is CN(C(=O)OC(C)(C)C)[C@H]1CC[C@H](C(OC(c2ccccc2)[C@H]2CC[C@H](N(C)C(=O)OC(C)(C)C)CC2)c2ccccc2)CC1. The molecule has 0 aliphatic heterocycles. The van der Waals surface area contributed by atoms with Gasteiger partial charge in [0.05, 0.1) is 12.2 Å². The number of rotatable bonds is 8. The van der Waals surface area contributed by atoms with Crippen LogP contribution in [0.5, 0.6) is 0 Å². The fraction of sp³-hybridized carbons (Fsp3) is 0.632. The van der Waals surface area contributed by atoms with Gasteiger partial charge >= 0.3 is 12.2 Å². The first-order valence-corrected chi connectivity index (χ1v) is 16.9. The molecule has 45 heavy (non-hydrogen) atoms. The summed E-state index contributed by atoms with van der Waals surface area (Å²) < 4.78 is 18.6. The molecule has 0 spiro atoms. The molecule has 0 bridgehead atoms. The zero-order chi connectivity index (χ0) is 32.8. The van der Waals surface area contributed by atoms with Gasteiger partial charge in [-0.05, 0) is 116 Å². The van der Waals surface area contributed by atoms with Crippen LogP contribution in [0.1, 0.15) is 116 Å². The minimum Gasteiger partial charge on any atom is -0.444 e. The number of ether oxygens (including phenoxy) is 3. The van der Waals surface area contributed by atoms with Gasteiger partial charge in [-0.1, -0.05) is 60.7 Å². The van der Waals surface area contributed by atoms with Crippen LogP contribution in [0, 0.1) is 11.8 Å². The van der Waals surface area contributed by atoms with E-state index in [1.54, 1.807) is 9.80 Å². The maximum absolute atomic E-state index is 12.8. The van der Waals surface area contributed by atoms with Crippen LogP contribution in [-0.4, -0.2) is 59.4 Å². The highest BCUT2D eigenvalue weighted by Gasteiger charge is 2.38. The summed E-state index contributed by atoms with van der Waals surface area (Å²) in [6.07, 6.45) is 7.00. The monoisotopic (exact) mass is 620 g/mol. The molecule has 2 atom stereocenters. The zero-order valence-electron chi connectivity index (χ0n) is 28.8. The molecule has 0 radical (unpaired) electrons. The van der Waals surface area contributed by atoms with Gasteiger partial charge in [-0.3, -0.25) is 0 Å². The Morgan fingerprint density at radius 2 is 0.889 bits per heavy atom. The predicted octanol–water partition coefficient (Wildman–Crippen LogP) is 9.34. The summed E-state index contributed by atoms with van der Waals surface area (Å²) in [6, 6.07) is 21.6. The summed E-state index contributed by atoms with van der Waals surface area (Å²) in [5.74, 6) is 0.688. The summed E-state index contributed by atoms with van der Waals surface area (Å²) in [5.41, 5.74) is 1.40. The lowest BCUT2D eigenvalue weighted by atomic mass is 9.78. The molecule has 0 heterocycles. The number of benzene rings is 2. The number of carbonyl (C=O) groups excluding carboxylic acids is 2. The summed E-state index contributed by atoms with van der Waals surface area (Å²) in [7, 11) is 3.73. The zero-order valence-corrected chi connectivity index (χ0v) is 28.8. The van der Waals surface area contributed by atoms with Crippen LogP contribution in [0.4, 0.5) is 9.59 Å². The second-order valence-electron chi connectivity index (χ2n) is 15.1. The average molecular weight is 621 g/mol. The fourth-order valence-electron chi connectivity index (χ4n) is 6.92. The molecular formula is C38H56N2O5. The van der Waals surface area contributed by atoms with Crippen LogP contribution in [0.25, 0.3) is 0 Å². The number of carbonyl (C=O) groups is 2. The molecule has 0 aromatic heterocycles. The van der Waals surface area contributed by atoms with E-state index in [2.05, 4.69) is 60.7 Å². The Bertz CT molecular complexity index is 1110. The first kappa shape index (κ1) is 34.8. The summed E-state index contributed by atoms with van der Waals surface area (Å²) in [6.45, 7) is 11.5. The molecule has 2 aliphatic carbocycles. The van der Waals surface area contributed by atoms with Gasteiger partial charge in [0.25, 0.3) is 0 Å². The molecule has 2 saturated carbocycles. The Balaban J connectivity index is 1.49. The number of hydrogen-bond acceptors (Lipinski definition) is 5. The largest absolute Gasteiger partial charge is 0.444 e. The van der Waals surface area contributed by atoms with E-state index in [1.807, 2.05) is 55.6 Å². The third-order valence-electron chi connectivity index (χ3n) is 9.35.